The van der Waals surface area contributed by atoms with Gasteiger partial charge in [-0.25, -0.2) is 9.78 Å². The number of H-pyrrole nitrogens is 1. The van der Waals surface area contributed by atoms with Crippen molar-refractivity contribution in [3.63, 3.8) is 0 Å². The number of carbonyl (C=O) groups excluding carboxylic acids is 1. The molecule has 0 radical (unpaired) electrons. The lowest BCUT2D eigenvalue weighted by Crippen LogP contribution is -2.42. The molecule has 190 valence electrons. The molecule has 1 aliphatic rings. The number of carbonyl (C=O) groups is 1. The van der Waals surface area contributed by atoms with Gasteiger partial charge in [0, 0.05) is 17.5 Å². The zero-order valence-electron chi connectivity index (χ0n) is 20.1. The molecule has 2 aromatic carbocycles. The van der Waals surface area contributed by atoms with E-state index in [1.165, 1.54) is 0 Å². The highest BCUT2D eigenvalue weighted by Gasteiger charge is 2.59. The third kappa shape index (κ3) is 5.24. The summed E-state index contributed by atoms with van der Waals surface area (Å²) >= 11 is 6.40. The Hall–Kier alpha value is -3.00. The number of alkyl halides is 3. The number of Topliss-reactive ketones (excluding diaryl/α,β-unsaturated/α-hetero) is 1. The van der Waals surface area contributed by atoms with Crippen molar-refractivity contribution in [1.82, 2.24) is 15.0 Å². The second-order valence-electron chi connectivity index (χ2n) is 9.63. The van der Waals surface area contributed by atoms with Crippen LogP contribution in [0.5, 0.6) is 0 Å². The zero-order chi connectivity index (χ0) is 26.1. The van der Waals surface area contributed by atoms with E-state index in [9.17, 15) is 22.8 Å². The maximum Gasteiger partial charge on any atom is 0.401 e. The second kappa shape index (κ2) is 10.2. The summed E-state index contributed by atoms with van der Waals surface area (Å²) in [6, 6.07) is 12.5. The van der Waals surface area contributed by atoms with Gasteiger partial charge in [-0.3, -0.25) is 9.78 Å². The largest absolute Gasteiger partial charge is 0.401 e. The third-order valence-corrected chi connectivity index (χ3v) is 7.25. The molecule has 1 aromatic heterocycles. The Morgan fingerprint density at radius 3 is 2.50 bits per heavy atom. The molecule has 5 nitrogen and oxygen atoms in total. The van der Waals surface area contributed by atoms with Crippen molar-refractivity contribution in [3.8, 4) is 22.8 Å². The fraction of sp³-hybridized carbons (Fsp3) is 0.407. The SMILES string of the molecule is CC(C)c1cccc(-c2nc(-c3cc(CCC(=O)C4(C(F)(F)F)CCCC4)ccc3Cl)[nH]c(=O)n2)c1. The molecule has 1 aliphatic carbocycles. The molecule has 1 heterocycles. The van der Waals surface area contributed by atoms with Gasteiger partial charge in [0.2, 0.25) is 0 Å². The molecule has 0 saturated heterocycles. The molecule has 1 fully saturated rings. The van der Waals surface area contributed by atoms with Gasteiger partial charge in [-0.05, 0) is 54.5 Å². The fourth-order valence-electron chi connectivity index (χ4n) is 4.78. The van der Waals surface area contributed by atoms with E-state index < -0.39 is 23.1 Å². The highest BCUT2D eigenvalue weighted by atomic mass is 35.5. The first-order chi connectivity index (χ1) is 17.0. The van der Waals surface area contributed by atoms with E-state index >= 15 is 0 Å². The number of hydrogen-bond donors (Lipinski definition) is 1. The van der Waals surface area contributed by atoms with Crippen LogP contribution in [0.3, 0.4) is 0 Å². The first-order valence-corrected chi connectivity index (χ1v) is 12.4. The first kappa shape index (κ1) is 26.1. The molecule has 1 N–H and O–H groups in total. The van der Waals surface area contributed by atoms with Crippen molar-refractivity contribution >= 4 is 17.4 Å². The van der Waals surface area contributed by atoms with Gasteiger partial charge in [0.1, 0.15) is 17.0 Å². The number of aromatic amines is 1. The van der Waals surface area contributed by atoms with Gasteiger partial charge < -0.3 is 0 Å². The van der Waals surface area contributed by atoms with Gasteiger partial charge in [-0.2, -0.15) is 18.2 Å². The number of ketones is 1. The van der Waals surface area contributed by atoms with Crippen LogP contribution in [0.15, 0.2) is 47.3 Å². The number of hydrogen-bond acceptors (Lipinski definition) is 4. The van der Waals surface area contributed by atoms with Crippen molar-refractivity contribution in [1.29, 1.82) is 0 Å². The monoisotopic (exact) mass is 517 g/mol. The van der Waals surface area contributed by atoms with E-state index in [-0.39, 0.29) is 43.3 Å². The summed E-state index contributed by atoms with van der Waals surface area (Å²) in [5.41, 5.74) is -0.0499. The minimum atomic E-state index is -4.55. The number of aromatic nitrogens is 3. The van der Waals surface area contributed by atoms with Crippen LogP contribution in [0.25, 0.3) is 22.8 Å². The first-order valence-electron chi connectivity index (χ1n) is 12.0. The van der Waals surface area contributed by atoms with Crippen molar-refractivity contribution in [2.75, 3.05) is 0 Å². The molecule has 0 bridgehead atoms. The van der Waals surface area contributed by atoms with E-state index in [0.717, 1.165) is 5.56 Å². The number of rotatable bonds is 7. The predicted octanol–water partition coefficient (Wildman–Crippen LogP) is 6.90. The van der Waals surface area contributed by atoms with Crippen molar-refractivity contribution in [2.45, 2.75) is 64.5 Å². The van der Waals surface area contributed by atoms with Crippen LogP contribution in [-0.4, -0.2) is 26.9 Å². The Morgan fingerprint density at radius 2 is 1.83 bits per heavy atom. The molecule has 3 aromatic rings. The molecule has 0 spiro atoms. The molecular formula is C27H27ClF3N3O2. The molecule has 0 atom stereocenters. The lowest BCUT2D eigenvalue weighted by atomic mass is 9.78. The van der Waals surface area contributed by atoms with Crippen LogP contribution in [0.1, 0.15) is 63.0 Å². The number of benzene rings is 2. The van der Waals surface area contributed by atoms with Crippen molar-refractivity contribution in [3.05, 3.63) is 69.1 Å². The minimum Gasteiger partial charge on any atom is -0.299 e. The molecule has 0 amide bonds. The zero-order valence-corrected chi connectivity index (χ0v) is 20.8. The van der Waals surface area contributed by atoms with E-state index in [1.54, 1.807) is 18.2 Å². The number of nitrogens with zero attached hydrogens (tertiary/aromatic N) is 2. The summed E-state index contributed by atoms with van der Waals surface area (Å²) in [4.78, 5) is 36.2. The lowest BCUT2D eigenvalue weighted by molar-refractivity contribution is -0.218. The predicted molar refractivity (Wildman–Crippen MR) is 133 cm³/mol. The van der Waals surface area contributed by atoms with E-state index in [0.29, 0.717) is 34.6 Å². The number of halogens is 4. The Kier molecular flexibility index (Phi) is 7.36. The minimum absolute atomic E-state index is 0.124. The summed E-state index contributed by atoms with van der Waals surface area (Å²) in [5, 5.41) is 0.309. The van der Waals surface area contributed by atoms with Crippen LogP contribution < -0.4 is 5.69 Å². The van der Waals surface area contributed by atoms with Crippen molar-refractivity contribution < 1.29 is 18.0 Å². The average molecular weight is 518 g/mol. The maximum atomic E-state index is 13.7. The molecule has 36 heavy (non-hydrogen) atoms. The summed E-state index contributed by atoms with van der Waals surface area (Å²) in [5.74, 6) is -0.0605. The van der Waals surface area contributed by atoms with Gasteiger partial charge >= 0.3 is 11.9 Å². The number of nitrogens with one attached hydrogen (secondary N) is 1. The normalized spacial score (nSPS) is 15.4. The molecule has 9 heteroatoms. The molecule has 0 aliphatic heterocycles. The maximum absolute atomic E-state index is 13.7. The lowest BCUT2D eigenvalue weighted by Gasteiger charge is -2.30. The standard InChI is InChI=1S/C27H27ClF3N3O2/c1-16(2)18-6-5-7-19(15-18)23-32-24(34-25(36)33-23)20-14-17(8-10-21(20)28)9-11-22(35)26(27(29,30)31)12-3-4-13-26/h5-8,10,14-16H,3-4,9,11-13H2,1-2H3,(H,32,33,34,36). The molecule has 4 rings (SSSR count). The van der Waals surface area contributed by atoms with Crippen LogP contribution in [0.2, 0.25) is 5.02 Å². The van der Waals surface area contributed by atoms with Crippen LogP contribution in [0, 0.1) is 5.41 Å². The summed E-state index contributed by atoms with van der Waals surface area (Å²) in [6.07, 6.45) is -4.14. The highest BCUT2D eigenvalue weighted by molar-refractivity contribution is 6.33. The van der Waals surface area contributed by atoms with Crippen molar-refractivity contribution in [2.24, 2.45) is 5.41 Å². The summed E-state index contributed by atoms with van der Waals surface area (Å²) in [6.45, 7) is 4.12. The van der Waals surface area contributed by atoms with Gasteiger partial charge in [-0.1, -0.05) is 62.6 Å². The smallest absolute Gasteiger partial charge is 0.299 e. The van der Waals surface area contributed by atoms with Gasteiger partial charge in [-0.15, -0.1) is 0 Å². The van der Waals surface area contributed by atoms with E-state index in [2.05, 4.69) is 28.8 Å². The van der Waals surface area contributed by atoms with E-state index in [1.807, 2.05) is 24.3 Å². The quantitative estimate of drug-likeness (QED) is 0.370. The van der Waals surface area contributed by atoms with Gasteiger partial charge in [0.15, 0.2) is 5.82 Å². The highest BCUT2D eigenvalue weighted by Crippen LogP contribution is 2.51. The van der Waals surface area contributed by atoms with Crippen LogP contribution >= 0.6 is 11.6 Å². The Morgan fingerprint density at radius 1 is 1.11 bits per heavy atom. The average Bonchev–Trinajstić information content (AvgIpc) is 3.35. The summed E-state index contributed by atoms with van der Waals surface area (Å²) < 4.78 is 41.2. The summed E-state index contributed by atoms with van der Waals surface area (Å²) in [7, 11) is 0. The topological polar surface area (TPSA) is 75.7 Å². The molecule has 1 saturated carbocycles. The molecule has 0 unspecified atom stereocenters. The Labute approximate surface area is 212 Å². The van der Waals surface area contributed by atoms with Crippen LogP contribution in [0.4, 0.5) is 13.2 Å². The van der Waals surface area contributed by atoms with Crippen LogP contribution in [-0.2, 0) is 11.2 Å². The van der Waals surface area contributed by atoms with E-state index in [4.69, 9.17) is 11.6 Å². The molecular weight excluding hydrogens is 491 g/mol. The van der Waals surface area contributed by atoms with Gasteiger partial charge in [0.05, 0.1) is 5.02 Å². The second-order valence-corrected chi connectivity index (χ2v) is 10.0. The third-order valence-electron chi connectivity index (χ3n) is 6.92. The Balaban J connectivity index is 1.62. The fourth-order valence-corrected chi connectivity index (χ4v) is 4.99. The Bertz CT molecular complexity index is 1330. The van der Waals surface area contributed by atoms with Gasteiger partial charge in [0.25, 0.3) is 0 Å². The number of aryl methyl sites for hydroxylation is 1.